The molecule has 0 heterocycles. The van der Waals surface area contributed by atoms with Crippen molar-refractivity contribution in [1.29, 1.82) is 0 Å². The van der Waals surface area contributed by atoms with Crippen molar-refractivity contribution < 1.29 is 19.1 Å². The molecule has 0 aliphatic heterocycles. The molecule has 1 fully saturated rings. The molecular formula is C24H31ClO4. The normalized spacial score (nSPS) is 19.1. The average Bonchev–Trinajstić information content (AvgIpc) is 3.28. The molecule has 158 valence electrons. The van der Waals surface area contributed by atoms with Crippen molar-refractivity contribution in [2.75, 3.05) is 7.11 Å². The van der Waals surface area contributed by atoms with Gasteiger partial charge in [-0.3, -0.25) is 9.59 Å². The van der Waals surface area contributed by atoms with Gasteiger partial charge in [0.2, 0.25) is 0 Å². The SMILES string of the molecule is CCCCC(CC)C(=O)OC1=C(c2ccc(OC)cc2Cl)C(=O)C2(CCCC2)C1. The van der Waals surface area contributed by atoms with Gasteiger partial charge in [-0.15, -0.1) is 0 Å². The number of benzene rings is 1. The number of rotatable bonds is 8. The van der Waals surface area contributed by atoms with Crippen molar-refractivity contribution in [3.8, 4) is 5.75 Å². The fourth-order valence-corrected chi connectivity index (χ4v) is 4.92. The van der Waals surface area contributed by atoms with Crippen LogP contribution in [0.5, 0.6) is 5.75 Å². The van der Waals surface area contributed by atoms with Gasteiger partial charge in [-0.2, -0.15) is 0 Å². The maximum atomic E-state index is 13.5. The van der Waals surface area contributed by atoms with Crippen molar-refractivity contribution in [2.45, 2.75) is 71.6 Å². The van der Waals surface area contributed by atoms with E-state index in [4.69, 9.17) is 21.1 Å². The summed E-state index contributed by atoms with van der Waals surface area (Å²) in [6.07, 6.45) is 7.84. The standard InChI is InChI=1S/C24H31ClO4/c1-4-6-9-16(5-2)23(27)29-20-15-24(12-7-8-13-24)22(26)21(20)18-11-10-17(28-3)14-19(18)25/h10-11,14,16H,4-9,12-13,15H2,1-3H3. The van der Waals surface area contributed by atoms with Crippen molar-refractivity contribution in [3.63, 3.8) is 0 Å². The Morgan fingerprint density at radius 3 is 2.55 bits per heavy atom. The van der Waals surface area contributed by atoms with Crippen molar-refractivity contribution in [2.24, 2.45) is 11.3 Å². The Kier molecular flexibility index (Phi) is 7.05. The molecule has 2 aliphatic carbocycles. The number of allylic oxidation sites excluding steroid dienone is 2. The predicted octanol–water partition coefficient (Wildman–Crippen LogP) is 6.35. The zero-order valence-electron chi connectivity index (χ0n) is 17.7. The maximum absolute atomic E-state index is 13.5. The van der Waals surface area contributed by atoms with Crippen LogP contribution >= 0.6 is 11.6 Å². The van der Waals surface area contributed by atoms with Crippen LogP contribution in [0.1, 0.15) is 77.2 Å². The number of hydrogen-bond donors (Lipinski definition) is 0. The smallest absolute Gasteiger partial charge is 0.314 e. The number of halogens is 1. The van der Waals surface area contributed by atoms with Gasteiger partial charge < -0.3 is 9.47 Å². The molecule has 0 amide bonds. The first-order chi connectivity index (χ1) is 14.0. The molecule has 5 heteroatoms. The fraction of sp³-hybridized carbons (Fsp3) is 0.583. The summed E-state index contributed by atoms with van der Waals surface area (Å²) in [5, 5.41) is 0.439. The van der Waals surface area contributed by atoms with E-state index in [0.29, 0.717) is 34.1 Å². The summed E-state index contributed by atoms with van der Waals surface area (Å²) >= 11 is 6.50. The number of Topliss-reactive ketones (excluding diaryl/α,β-unsaturated/α-hetero) is 1. The van der Waals surface area contributed by atoms with E-state index in [-0.39, 0.29) is 17.7 Å². The van der Waals surface area contributed by atoms with Crippen LogP contribution in [0.3, 0.4) is 0 Å². The van der Waals surface area contributed by atoms with Gasteiger partial charge in [0.15, 0.2) is 5.78 Å². The van der Waals surface area contributed by atoms with E-state index in [2.05, 4.69) is 6.92 Å². The molecule has 0 aromatic heterocycles. The van der Waals surface area contributed by atoms with Crippen LogP contribution in [0, 0.1) is 11.3 Å². The molecular weight excluding hydrogens is 388 g/mol. The van der Waals surface area contributed by atoms with Gasteiger partial charge in [0.1, 0.15) is 11.5 Å². The van der Waals surface area contributed by atoms with Crippen molar-refractivity contribution in [3.05, 3.63) is 34.5 Å². The summed E-state index contributed by atoms with van der Waals surface area (Å²) in [6.45, 7) is 4.12. The van der Waals surface area contributed by atoms with E-state index in [9.17, 15) is 9.59 Å². The van der Waals surface area contributed by atoms with Gasteiger partial charge in [-0.05, 0) is 43.9 Å². The number of ether oxygens (including phenoxy) is 2. The second-order valence-corrected chi connectivity index (χ2v) is 8.71. The van der Waals surface area contributed by atoms with Gasteiger partial charge in [0.05, 0.1) is 23.6 Å². The van der Waals surface area contributed by atoms with Gasteiger partial charge in [0.25, 0.3) is 0 Å². The summed E-state index contributed by atoms with van der Waals surface area (Å²) in [6, 6.07) is 5.29. The van der Waals surface area contributed by atoms with Crippen LogP contribution in [-0.4, -0.2) is 18.9 Å². The molecule has 1 saturated carbocycles. The zero-order valence-corrected chi connectivity index (χ0v) is 18.4. The van der Waals surface area contributed by atoms with Gasteiger partial charge in [-0.25, -0.2) is 0 Å². The Hall–Kier alpha value is -1.81. The molecule has 0 N–H and O–H groups in total. The van der Waals surface area contributed by atoms with Gasteiger partial charge in [-0.1, -0.05) is 51.1 Å². The molecule has 4 nitrogen and oxygen atoms in total. The van der Waals surface area contributed by atoms with E-state index in [0.717, 1.165) is 51.4 Å². The van der Waals surface area contributed by atoms with Gasteiger partial charge in [0, 0.05) is 17.4 Å². The molecule has 0 bridgehead atoms. The Labute approximate surface area is 178 Å². The topological polar surface area (TPSA) is 52.6 Å². The second kappa shape index (κ2) is 9.34. The number of esters is 1. The third-order valence-electron chi connectivity index (χ3n) is 6.45. The first-order valence-corrected chi connectivity index (χ1v) is 11.2. The molecule has 29 heavy (non-hydrogen) atoms. The number of methoxy groups -OCH3 is 1. The van der Waals surface area contributed by atoms with Crippen molar-refractivity contribution >= 4 is 28.9 Å². The number of unbranched alkanes of at least 4 members (excludes halogenated alkanes) is 1. The summed E-state index contributed by atoms with van der Waals surface area (Å²) in [4.78, 5) is 26.4. The van der Waals surface area contributed by atoms with E-state index >= 15 is 0 Å². The Bertz CT molecular complexity index is 805. The summed E-state index contributed by atoms with van der Waals surface area (Å²) in [5.74, 6) is 0.853. The van der Waals surface area contributed by atoms with E-state index in [1.165, 1.54) is 0 Å². The molecule has 0 saturated heterocycles. The number of ketones is 1. The lowest BCUT2D eigenvalue weighted by molar-refractivity contribution is -0.145. The molecule has 1 aromatic carbocycles. The minimum absolute atomic E-state index is 0.0754. The largest absolute Gasteiger partial charge is 0.497 e. The minimum atomic E-state index is -0.431. The van der Waals surface area contributed by atoms with Crippen LogP contribution in [0.2, 0.25) is 5.02 Å². The first kappa shape index (κ1) is 21.9. The highest BCUT2D eigenvalue weighted by atomic mass is 35.5. The summed E-state index contributed by atoms with van der Waals surface area (Å²) in [5.41, 5.74) is 0.684. The fourth-order valence-electron chi connectivity index (χ4n) is 4.65. The lowest BCUT2D eigenvalue weighted by atomic mass is 9.81. The highest BCUT2D eigenvalue weighted by molar-refractivity contribution is 6.36. The number of hydrogen-bond acceptors (Lipinski definition) is 4. The van der Waals surface area contributed by atoms with Gasteiger partial charge >= 0.3 is 5.97 Å². The lowest BCUT2D eigenvalue weighted by Gasteiger charge is -2.21. The van der Waals surface area contributed by atoms with E-state index in [1.807, 2.05) is 6.92 Å². The van der Waals surface area contributed by atoms with Crippen LogP contribution in [0.15, 0.2) is 24.0 Å². The molecule has 1 spiro atoms. The first-order valence-electron chi connectivity index (χ1n) is 10.8. The average molecular weight is 419 g/mol. The second-order valence-electron chi connectivity index (χ2n) is 8.31. The van der Waals surface area contributed by atoms with E-state index in [1.54, 1.807) is 25.3 Å². The Morgan fingerprint density at radius 1 is 1.24 bits per heavy atom. The molecule has 0 radical (unpaired) electrons. The van der Waals surface area contributed by atoms with Crippen LogP contribution in [0.25, 0.3) is 5.57 Å². The molecule has 1 aromatic rings. The number of carbonyl (C=O) groups excluding carboxylic acids is 2. The Morgan fingerprint density at radius 2 is 1.97 bits per heavy atom. The third-order valence-corrected chi connectivity index (χ3v) is 6.76. The molecule has 1 unspecified atom stereocenters. The molecule has 2 aliphatic rings. The van der Waals surface area contributed by atoms with E-state index < -0.39 is 5.41 Å². The molecule has 3 rings (SSSR count). The van der Waals surface area contributed by atoms with Crippen molar-refractivity contribution in [1.82, 2.24) is 0 Å². The lowest BCUT2D eigenvalue weighted by Crippen LogP contribution is -2.24. The zero-order chi connectivity index (χ0) is 21.0. The quantitative estimate of drug-likeness (QED) is 0.461. The van der Waals surface area contributed by atoms with Crippen LogP contribution < -0.4 is 4.74 Å². The number of carbonyl (C=O) groups is 2. The maximum Gasteiger partial charge on any atom is 0.314 e. The highest BCUT2D eigenvalue weighted by Gasteiger charge is 2.50. The summed E-state index contributed by atoms with van der Waals surface area (Å²) in [7, 11) is 1.58. The Balaban J connectivity index is 1.96. The predicted molar refractivity (Wildman–Crippen MR) is 115 cm³/mol. The monoisotopic (exact) mass is 418 g/mol. The highest BCUT2D eigenvalue weighted by Crippen LogP contribution is 2.53. The minimum Gasteiger partial charge on any atom is -0.497 e. The third kappa shape index (κ3) is 4.37. The van der Waals surface area contributed by atoms with Crippen LogP contribution in [0.4, 0.5) is 0 Å². The van der Waals surface area contributed by atoms with Crippen LogP contribution in [-0.2, 0) is 14.3 Å². The molecule has 1 atom stereocenters. The summed E-state index contributed by atoms with van der Waals surface area (Å²) < 4.78 is 11.2.